The normalized spacial score (nSPS) is 13.9. The average Bonchev–Trinajstić information content (AvgIpc) is 3.10. The summed E-state index contributed by atoms with van der Waals surface area (Å²) >= 11 is 7.46. The van der Waals surface area contributed by atoms with Gasteiger partial charge in [0.05, 0.1) is 18.6 Å². The van der Waals surface area contributed by atoms with Crippen molar-refractivity contribution < 1.29 is 8.94 Å². The third kappa shape index (κ3) is 3.70. The van der Waals surface area contributed by atoms with Crippen LogP contribution in [-0.2, 0) is 12.3 Å². The van der Waals surface area contributed by atoms with Gasteiger partial charge in [-0.15, -0.1) is 10.2 Å². The summed E-state index contributed by atoms with van der Waals surface area (Å²) in [7, 11) is 0. The molecule has 0 atom stereocenters. The van der Waals surface area contributed by atoms with Crippen molar-refractivity contribution in [3.63, 3.8) is 0 Å². The van der Waals surface area contributed by atoms with E-state index in [1.165, 1.54) is 11.8 Å². The molecule has 0 radical (unpaired) electrons. The van der Waals surface area contributed by atoms with Crippen LogP contribution in [0.15, 0.2) is 56.8 Å². The minimum atomic E-state index is 0.497. The van der Waals surface area contributed by atoms with Gasteiger partial charge in [-0.2, -0.15) is 4.98 Å². The summed E-state index contributed by atoms with van der Waals surface area (Å²) in [5.74, 6) is 3.99. The predicted octanol–water partition coefficient (Wildman–Crippen LogP) is 4.79. The van der Waals surface area contributed by atoms with Crippen molar-refractivity contribution >= 4 is 23.4 Å². The topological polar surface area (TPSA) is 82.8 Å². The molecule has 4 aromatic rings. The lowest BCUT2D eigenvalue weighted by Gasteiger charge is -2.07. The maximum Gasteiger partial charge on any atom is 0.237 e. The van der Waals surface area contributed by atoms with Crippen LogP contribution in [0.25, 0.3) is 11.4 Å². The number of rotatable bonds is 7. The molecule has 0 amide bonds. The van der Waals surface area contributed by atoms with Crippen LogP contribution < -0.4 is 0 Å². The quantitative estimate of drug-likeness (QED) is 0.402. The molecule has 0 spiro atoms. The molecule has 5 rings (SSSR count). The highest BCUT2D eigenvalue weighted by atomic mass is 35.5. The second-order valence-corrected chi connectivity index (χ2v) is 7.97. The Balaban J connectivity index is 1.32. The van der Waals surface area contributed by atoms with Gasteiger partial charge in [-0.05, 0) is 49.2 Å². The monoisotopic (exact) mass is 413 g/mol. The largest absolute Gasteiger partial charge is 0.467 e. The van der Waals surface area contributed by atoms with Crippen LogP contribution in [0.4, 0.5) is 0 Å². The summed E-state index contributed by atoms with van der Waals surface area (Å²) in [4.78, 5) is 4.47. The van der Waals surface area contributed by atoms with E-state index in [0.29, 0.717) is 35.0 Å². The zero-order valence-corrected chi connectivity index (χ0v) is 16.4. The van der Waals surface area contributed by atoms with E-state index in [9.17, 15) is 0 Å². The second kappa shape index (κ2) is 7.44. The Morgan fingerprint density at radius 2 is 2.00 bits per heavy atom. The van der Waals surface area contributed by atoms with Gasteiger partial charge < -0.3 is 8.94 Å². The first-order valence-electron chi connectivity index (χ1n) is 8.93. The molecule has 1 aliphatic rings. The van der Waals surface area contributed by atoms with Crippen molar-refractivity contribution in [3.05, 3.63) is 65.2 Å². The highest BCUT2D eigenvalue weighted by Crippen LogP contribution is 2.40. The minimum absolute atomic E-state index is 0.497. The molecule has 3 aromatic heterocycles. The zero-order chi connectivity index (χ0) is 18.9. The van der Waals surface area contributed by atoms with Crippen molar-refractivity contribution in [3.8, 4) is 11.4 Å². The van der Waals surface area contributed by atoms with Crippen LogP contribution in [0.2, 0.25) is 5.02 Å². The summed E-state index contributed by atoms with van der Waals surface area (Å²) in [6.07, 6.45) is 4.00. The molecule has 0 N–H and O–H groups in total. The van der Waals surface area contributed by atoms with Gasteiger partial charge in [-0.3, -0.25) is 4.57 Å². The lowest BCUT2D eigenvalue weighted by atomic mass is 10.2. The number of hydrogen-bond donors (Lipinski definition) is 0. The highest BCUT2D eigenvalue weighted by Gasteiger charge is 2.30. The van der Waals surface area contributed by atoms with Crippen LogP contribution in [0, 0.1) is 0 Å². The van der Waals surface area contributed by atoms with E-state index in [1.807, 2.05) is 24.3 Å². The Morgan fingerprint density at radius 3 is 2.75 bits per heavy atom. The molecule has 1 fully saturated rings. The van der Waals surface area contributed by atoms with Crippen molar-refractivity contribution in [2.75, 3.05) is 0 Å². The molecule has 1 aliphatic carbocycles. The minimum Gasteiger partial charge on any atom is -0.467 e. The van der Waals surface area contributed by atoms with Gasteiger partial charge in [-0.1, -0.05) is 28.5 Å². The Morgan fingerprint density at radius 1 is 1.14 bits per heavy atom. The van der Waals surface area contributed by atoms with Gasteiger partial charge in [0.2, 0.25) is 11.7 Å². The van der Waals surface area contributed by atoms with Gasteiger partial charge in [0.25, 0.3) is 0 Å². The molecular formula is C19H16ClN5O2S. The molecule has 0 unspecified atom stereocenters. The fourth-order valence-electron chi connectivity index (χ4n) is 2.91. The average molecular weight is 414 g/mol. The number of halogens is 1. The second-order valence-electron chi connectivity index (χ2n) is 6.59. The van der Waals surface area contributed by atoms with E-state index in [1.54, 1.807) is 18.4 Å². The molecule has 9 heteroatoms. The van der Waals surface area contributed by atoms with E-state index < -0.39 is 0 Å². The molecular weight excluding hydrogens is 398 g/mol. The van der Waals surface area contributed by atoms with Crippen LogP contribution in [0.1, 0.15) is 36.2 Å². The van der Waals surface area contributed by atoms with E-state index >= 15 is 0 Å². The molecule has 3 heterocycles. The number of benzene rings is 1. The summed E-state index contributed by atoms with van der Waals surface area (Å²) in [5, 5.41) is 14.3. The van der Waals surface area contributed by atoms with Gasteiger partial charge in [-0.25, -0.2) is 0 Å². The fourth-order valence-corrected chi connectivity index (χ4v) is 3.82. The molecule has 7 nitrogen and oxygen atoms in total. The van der Waals surface area contributed by atoms with Crippen molar-refractivity contribution in [1.29, 1.82) is 0 Å². The van der Waals surface area contributed by atoms with Crippen LogP contribution in [0.3, 0.4) is 0 Å². The first-order valence-corrected chi connectivity index (χ1v) is 10.3. The SMILES string of the molecule is Clc1ccc(-c2noc(CSc3nnc(C4CC4)n3Cc3ccco3)n2)cc1. The maximum absolute atomic E-state index is 5.93. The van der Waals surface area contributed by atoms with Crippen LogP contribution >= 0.6 is 23.4 Å². The molecule has 1 saturated carbocycles. The molecule has 0 bridgehead atoms. The third-order valence-electron chi connectivity index (χ3n) is 4.48. The van der Waals surface area contributed by atoms with Gasteiger partial charge in [0, 0.05) is 16.5 Å². The van der Waals surface area contributed by atoms with Gasteiger partial charge >= 0.3 is 0 Å². The molecule has 142 valence electrons. The van der Waals surface area contributed by atoms with E-state index in [-0.39, 0.29) is 0 Å². The Labute approximate surface area is 170 Å². The molecule has 0 aliphatic heterocycles. The molecule has 0 saturated heterocycles. The van der Waals surface area contributed by atoms with Crippen molar-refractivity contribution in [2.24, 2.45) is 0 Å². The first-order chi connectivity index (χ1) is 13.8. The maximum atomic E-state index is 5.93. The van der Waals surface area contributed by atoms with Crippen molar-refractivity contribution in [1.82, 2.24) is 24.9 Å². The van der Waals surface area contributed by atoms with E-state index in [4.69, 9.17) is 20.5 Å². The Hall–Kier alpha value is -2.58. The Bertz CT molecular complexity index is 1070. The lowest BCUT2D eigenvalue weighted by molar-refractivity contribution is 0.391. The van der Waals surface area contributed by atoms with Gasteiger partial charge in [0.15, 0.2) is 5.16 Å². The van der Waals surface area contributed by atoms with Crippen molar-refractivity contribution in [2.45, 2.75) is 36.2 Å². The Kier molecular flexibility index (Phi) is 4.66. The lowest BCUT2D eigenvalue weighted by Crippen LogP contribution is -2.05. The first kappa shape index (κ1) is 17.5. The summed E-state index contributed by atoms with van der Waals surface area (Å²) in [6, 6.07) is 11.2. The standard InChI is InChI=1S/C19H16ClN5O2S/c20-14-7-5-12(6-8-14)17-21-16(27-24-17)11-28-19-23-22-18(13-3-4-13)25(19)10-15-2-1-9-26-15/h1-2,5-9,13H,3-4,10-11H2. The van der Waals surface area contributed by atoms with E-state index in [0.717, 1.165) is 35.1 Å². The number of hydrogen-bond acceptors (Lipinski definition) is 7. The summed E-state index contributed by atoms with van der Waals surface area (Å²) < 4.78 is 13.0. The number of thioether (sulfide) groups is 1. The predicted molar refractivity (Wildman–Crippen MR) is 104 cm³/mol. The molecule has 1 aromatic carbocycles. The number of aromatic nitrogens is 5. The zero-order valence-electron chi connectivity index (χ0n) is 14.8. The summed E-state index contributed by atoms with van der Waals surface area (Å²) in [6.45, 7) is 0.619. The van der Waals surface area contributed by atoms with Crippen LogP contribution in [0.5, 0.6) is 0 Å². The molecule has 28 heavy (non-hydrogen) atoms. The van der Waals surface area contributed by atoms with E-state index in [2.05, 4.69) is 24.9 Å². The van der Waals surface area contributed by atoms with Crippen LogP contribution in [-0.4, -0.2) is 24.9 Å². The number of furan rings is 1. The fraction of sp³-hybridized carbons (Fsp3) is 0.263. The number of nitrogens with zero attached hydrogens (tertiary/aromatic N) is 5. The summed E-state index contributed by atoms with van der Waals surface area (Å²) in [5.41, 5.74) is 0.862. The highest BCUT2D eigenvalue weighted by molar-refractivity contribution is 7.98. The smallest absolute Gasteiger partial charge is 0.237 e. The van der Waals surface area contributed by atoms with Gasteiger partial charge in [0.1, 0.15) is 11.6 Å². The third-order valence-corrected chi connectivity index (χ3v) is 5.68.